The molecule has 8 nitrogen and oxygen atoms in total. The third-order valence-electron chi connectivity index (χ3n) is 5.21. The van der Waals surface area contributed by atoms with Gasteiger partial charge in [-0.05, 0) is 36.4 Å². The maximum atomic E-state index is 12.7. The second kappa shape index (κ2) is 7.38. The van der Waals surface area contributed by atoms with Crippen LogP contribution in [-0.2, 0) is 11.3 Å². The van der Waals surface area contributed by atoms with E-state index in [2.05, 4.69) is 20.1 Å². The van der Waals surface area contributed by atoms with E-state index in [1.165, 1.54) is 0 Å². The minimum absolute atomic E-state index is 0.104. The number of piperazine rings is 1. The van der Waals surface area contributed by atoms with Gasteiger partial charge < -0.3 is 18.8 Å². The van der Waals surface area contributed by atoms with Crippen LogP contribution in [0, 0.1) is 0 Å². The number of hydrogen-bond acceptors (Lipinski definition) is 6. The number of fused-ring (bicyclic) bond motifs is 1. The van der Waals surface area contributed by atoms with E-state index in [0.717, 1.165) is 29.9 Å². The SMILES string of the molecule is O=C(Cn1cnc2ccccc21)N1CCN(c2ccc(-c3ccco3)nn2)CC1. The van der Waals surface area contributed by atoms with Gasteiger partial charge in [0, 0.05) is 26.2 Å². The quantitative estimate of drug-likeness (QED) is 0.534. The lowest BCUT2D eigenvalue weighted by Crippen LogP contribution is -2.49. The van der Waals surface area contributed by atoms with Gasteiger partial charge in [-0.25, -0.2) is 4.98 Å². The number of furan rings is 1. The molecule has 1 fully saturated rings. The van der Waals surface area contributed by atoms with Crippen LogP contribution >= 0.6 is 0 Å². The van der Waals surface area contributed by atoms with E-state index in [1.54, 1.807) is 12.6 Å². The van der Waals surface area contributed by atoms with Crippen molar-refractivity contribution in [3.63, 3.8) is 0 Å². The van der Waals surface area contributed by atoms with E-state index in [4.69, 9.17) is 4.42 Å². The highest BCUT2D eigenvalue weighted by Gasteiger charge is 2.22. The molecule has 0 unspecified atom stereocenters. The molecule has 5 rings (SSSR count). The molecule has 0 radical (unpaired) electrons. The van der Waals surface area contributed by atoms with Crippen molar-refractivity contribution in [1.82, 2.24) is 24.6 Å². The van der Waals surface area contributed by atoms with Gasteiger partial charge in [0.2, 0.25) is 5.91 Å². The van der Waals surface area contributed by atoms with Crippen LogP contribution < -0.4 is 4.90 Å². The topological polar surface area (TPSA) is 80.3 Å². The van der Waals surface area contributed by atoms with Crippen molar-refractivity contribution >= 4 is 22.8 Å². The summed E-state index contributed by atoms with van der Waals surface area (Å²) in [7, 11) is 0. The highest BCUT2D eigenvalue weighted by Crippen LogP contribution is 2.20. The van der Waals surface area contributed by atoms with E-state index >= 15 is 0 Å². The maximum absolute atomic E-state index is 12.7. The zero-order chi connectivity index (χ0) is 19.6. The standard InChI is InChI=1S/C21H20N6O2/c28-21(14-27-15-22-16-4-1-2-5-18(16)27)26-11-9-25(10-12-26)20-8-7-17(23-24-20)19-6-3-13-29-19/h1-8,13,15H,9-12,14H2. The molecule has 0 saturated carbocycles. The summed E-state index contributed by atoms with van der Waals surface area (Å²) in [5, 5.41) is 8.58. The summed E-state index contributed by atoms with van der Waals surface area (Å²) in [5.41, 5.74) is 2.59. The molecule has 29 heavy (non-hydrogen) atoms. The minimum atomic E-state index is 0.104. The summed E-state index contributed by atoms with van der Waals surface area (Å²) < 4.78 is 7.25. The van der Waals surface area contributed by atoms with E-state index < -0.39 is 0 Å². The van der Waals surface area contributed by atoms with E-state index in [1.807, 2.05) is 58.0 Å². The summed E-state index contributed by atoms with van der Waals surface area (Å²) in [4.78, 5) is 21.2. The molecule has 0 bridgehead atoms. The van der Waals surface area contributed by atoms with Crippen LogP contribution in [0.1, 0.15) is 0 Å². The van der Waals surface area contributed by atoms with Crippen LogP contribution in [0.5, 0.6) is 0 Å². The van der Waals surface area contributed by atoms with Crippen molar-refractivity contribution in [2.24, 2.45) is 0 Å². The first-order valence-corrected chi connectivity index (χ1v) is 9.58. The molecule has 1 aliphatic heterocycles. The maximum Gasteiger partial charge on any atom is 0.242 e. The number of amides is 1. The number of aromatic nitrogens is 4. The second-order valence-corrected chi connectivity index (χ2v) is 6.98. The van der Waals surface area contributed by atoms with Gasteiger partial charge in [-0.1, -0.05) is 12.1 Å². The summed E-state index contributed by atoms with van der Waals surface area (Å²) >= 11 is 0. The Hall–Kier alpha value is -3.68. The van der Waals surface area contributed by atoms with Crippen molar-refractivity contribution in [2.75, 3.05) is 31.1 Å². The number of imidazole rings is 1. The average Bonchev–Trinajstić information content (AvgIpc) is 3.45. The van der Waals surface area contributed by atoms with Crippen LogP contribution in [0.3, 0.4) is 0 Å². The monoisotopic (exact) mass is 388 g/mol. The predicted octanol–water partition coefficient (Wildman–Crippen LogP) is 2.44. The van der Waals surface area contributed by atoms with Crippen molar-refractivity contribution in [3.05, 3.63) is 61.1 Å². The highest BCUT2D eigenvalue weighted by atomic mass is 16.3. The second-order valence-electron chi connectivity index (χ2n) is 6.98. The molecular formula is C21H20N6O2. The summed E-state index contributed by atoms with van der Waals surface area (Å²) in [6, 6.07) is 15.4. The number of para-hydroxylation sites is 2. The molecule has 0 spiro atoms. The summed E-state index contributed by atoms with van der Waals surface area (Å²) in [6.07, 6.45) is 3.35. The number of carbonyl (C=O) groups is 1. The van der Waals surface area contributed by atoms with E-state index in [0.29, 0.717) is 31.1 Å². The molecule has 8 heteroatoms. The van der Waals surface area contributed by atoms with Crippen LogP contribution in [0.25, 0.3) is 22.5 Å². The Bertz CT molecular complexity index is 1110. The normalized spacial score (nSPS) is 14.5. The zero-order valence-electron chi connectivity index (χ0n) is 15.8. The Morgan fingerprint density at radius 2 is 1.83 bits per heavy atom. The van der Waals surface area contributed by atoms with Crippen molar-refractivity contribution < 1.29 is 9.21 Å². The first kappa shape index (κ1) is 17.4. The Kier molecular flexibility index (Phi) is 4.44. The lowest BCUT2D eigenvalue weighted by molar-refractivity contribution is -0.132. The van der Waals surface area contributed by atoms with Crippen molar-refractivity contribution in [1.29, 1.82) is 0 Å². The molecule has 1 aromatic carbocycles. The van der Waals surface area contributed by atoms with Gasteiger partial charge in [0.05, 0.1) is 23.6 Å². The Morgan fingerprint density at radius 1 is 0.966 bits per heavy atom. The molecule has 4 heterocycles. The van der Waals surface area contributed by atoms with Gasteiger partial charge in [-0.2, -0.15) is 0 Å². The lowest BCUT2D eigenvalue weighted by atomic mass is 10.2. The Balaban J connectivity index is 1.20. The largest absolute Gasteiger partial charge is 0.463 e. The highest BCUT2D eigenvalue weighted by molar-refractivity contribution is 5.80. The van der Waals surface area contributed by atoms with Gasteiger partial charge in [0.15, 0.2) is 11.6 Å². The molecule has 0 N–H and O–H groups in total. The Labute approximate surface area is 167 Å². The number of anilines is 1. The molecule has 3 aromatic heterocycles. The molecule has 0 atom stereocenters. The van der Waals surface area contributed by atoms with Gasteiger partial charge in [-0.15, -0.1) is 10.2 Å². The average molecular weight is 388 g/mol. The number of carbonyl (C=O) groups excluding carboxylic acids is 1. The molecular weight excluding hydrogens is 368 g/mol. The fraction of sp³-hybridized carbons (Fsp3) is 0.238. The molecule has 1 amide bonds. The number of benzene rings is 1. The van der Waals surface area contributed by atoms with E-state index in [9.17, 15) is 4.79 Å². The first-order valence-electron chi connectivity index (χ1n) is 9.58. The predicted molar refractivity (Wildman–Crippen MR) is 108 cm³/mol. The Morgan fingerprint density at radius 3 is 2.59 bits per heavy atom. The molecule has 146 valence electrons. The van der Waals surface area contributed by atoms with Crippen molar-refractivity contribution in [2.45, 2.75) is 6.54 Å². The number of rotatable bonds is 4. The zero-order valence-corrected chi connectivity index (χ0v) is 15.8. The van der Waals surface area contributed by atoms with Gasteiger partial charge >= 0.3 is 0 Å². The van der Waals surface area contributed by atoms with Crippen LogP contribution in [0.15, 0.2) is 65.5 Å². The number of hydrogen-bond donors (Lipinski definition) is 0. The first-order chi connectivity index (χ1) is 14.3. The number of nitrogens with zero attached hydrogens (tertiary/aromatic N) is 6. The minimum Gasteiger partial charge on any atom is -0.463 e. The molecule has 1 aliphatic rings. The van der Waals surface area contributed by atoms with Crippen LogP contribution in [-0.4, -0.2) is 56.7 Å². The van der Waals surface area contributed by atoms with Gasteiger partial charge in [-0.3, -0.25) is 4.79 Å². The van der Waals surface area contributed by atoms with Gasteiger partial charge in [0.25, 0.3) is 0 Å². The van der Waals surface area contributed by atoms with Gasteiger partial charge in [0.1, 0.15) is 12.2 Å². The fourth-order valence-corrected chi connectivity index (χ4v) is 3.62. The molecule has 1 saturated heterocycles. The van der Waals surface area contributed by atoms with Crippen LogP contribution in [0.4, 0.5) is 5.82 Å². The molecule has 4 aromatic rings. The van der Waals surface area contributed by atoms with Crippen LogP contribution in [0.2, 0.25) is 0 Å². The summed E-state index contributed by atoms with van der Waals surface area (Å²) in [6.45, 7) is 3.08. The smallest absolute Gasteiger partial charge is 0.242 e. The lowest BCUT2D eigenvalue weighted by Gasteiger charge is -2.35. The summed E-state index contributed by atoms with van der Waals surface area (Å²) in [5.74, 6) is 1.62. The van der Waals surface area contributed by atoms with Crippen molar-refractivity contribution in [3.8, 4) is 11.5 Å². The third-order valence-corrected chi connectivity index (χ3v) is 5.21. The van der Waals surface area contributed by atoms with E-state index in [-0.39, 0.29) is 5.91 Å². The molecule has 0 aliphatic carbocycles. The fourth-order valence-electron chi connectivity index (χ4n) is 3.62. The third kappa shape index (κ3) is 3.44.